The van der Waals surface area contributed by atoms with Gasteiger partial charge in [0, 0.05) is 6.42 Å². The molecule has 4 rings (SSSR count). The van der Waals surface area contributed by atoms with Crippen LogP contribution >= 0.6 is 11.8 Å². The molecule has 10 heteroatoms. The van der Waals surface area contributed by atoms with Crippen LogP contribution in [0, 0.1) is 0 Å². The van der Waals surface area contributed by atoms with Crippen LogP contribution in [-0.4, -0.2) is 39.3 Å². The van der Waals surface area contributed by atoms with Gasteiger partial charge in [-0.2, -0.15) is 0 Å². The van der Waals surface area contributed by atoms with E-state index in [0.29, 0.717) is 12.2 Å². The summed E-state index contributed by atoms with van der Waals surface area (Å²) in [6.07, 6.45) is 0.676. The SMILES string of the molecule is CCC1(Oc2ccc(CC3SC(=O)NC3=O)cc2)NC(=O)c2cc(C(=O)O)ccc2O1. The van der Waals surface area contributed by atoms with Crippen molar-refractivity contribution in [3.63, 3.8) is 0 Å². The van der Waals surface area contributed by atoms with Gasteiger partial charge in [0.05, 0.1) is 16.4 Å². The van der Waals surface area contributed by atoms with Gasteiger partial charge in [0.15, 0.2) is 0 Å². The number of imide groups is 1. The van der Waals surface area contributed by atoms with E-state index < -0.39 is 23.0 Å². The summed E-state index contributed by atoms with van der Waals surface area (Å²) in [5.41, 5.74) is 0.944. The summed E-state index contributed by atoms with van der Waals surface area (Å²) in [6.45, 7) is 1.78. The van der Waals surface area contributed by atoms with E-state index in [1.165, 1.54) is 18.2 Å². The summed E-state index contributed by atoms with van der Waals surface area (Å²) in [6, 6.07) is 11.0. The fourth-order valence-electron chi connectivity index (χ4n) is 3.28. The van der Waals surface area contributed by atoms with Crippen molar-refractivity contribution in [2.75, 3.05) is 0 Å². The van der Waals surface area contributed by atoms with Crippen molar-refractivity contribution in [3.05, 3.63) is 59.2 Å². The summed E-state index contributed by atoms with van der Waals surface area (Å²) in [5, 5.41) is 13.2. The molecular formula is C21H18N2O7S. The van der Waals surface area contributed by atoms with Gasteiger partial charge in [-0.3, -0.25) is 25.0 Å². The lowest BCUT2D eigenvalue weighted by molar-refractivity contribution is -0.139. The van der Waals surface area contributed by atoms with E-state index in [0.717, 1.165) is 17.3 Å². The molecule has 1 saturated heterocycles. The number of benzene rings is 2. The predicted molar refractivity (Wildman–Crippen MR) is 110 cm³/mol. The average Bonchev–Trinajstić information content (AvgIpc) is 3.05. The standard InChI is InChI=1S/C21H18N2O7S/c1-2-21(23-17(24)14-10-12(19(26)27)5-8-15(14)30-21)29-13-6-3-11(4-7-13)9-16-18(25)22-20(28)31-16/h3-8,10,16H,2,9H2,1H3,(H,23,24)(H,26,27)(H,22,25,28). The zero-order valence-corrected chi connectivity index (χ0v) is 17.2. The van der Waals surface area contributed by atoms with Crippen LogP contribution in [0.25, 0.3) is 0 Å². The van der Waals surface area contributed by atoms with Crippen molar-refractivity contribution in [2.45, 2.75) is 30.9 Å². The number of carbonyl (C=O) groups excluding carboxylic acids is 3. The number of hydrogen-bond donors (Lipinski definition) is 3. The van der Waals surface area contributed by atoms with E-state index in [2.05, 4.69) is 10.6 Å². The minimum atomic E-state index is -1.45. The minimum absolute atomic E-state index is 0.0196. The Labute approximate surface area is 181 Å². The van der Waals surface area contributed by atoms with Crippen LogP contribution in [-0.2, 0) is 11.2 Å². The number of rotatable bonds is 6. The van der Waals surface area contributed by atoms with Crippen LogP contribution in [0.5, 0.6) is 11.5 Å². The number of nitrogens with one attached hydrogen (secondary N) is 2. The molecule has 0 bridgehead atoms. The van der Waals surface area contributed by atoms with Crippen molar-refractivity contribution < 1.29 is 33.8 Å². The molecule has 2 aromatic carbocycles. The van der Waals surface area contributed by atoms with Gasteiger partial charge >= 0.3 is 11.9 Å². The van der Waals surface area contributed by atoms with Crippen molar-refractivity contribution in [2.24, 2.45) is 0 Å². The third kappa shape index (κ3) is 4.19. The van der Waals surface area contributed by atoms with E-state index in [4.69, 9.17) is 14.6 Å². The van der Waals surface area contributed by atoms with Gasteiger partial charge in [0.1, 0.15) is 11.5 Å². The smallest absolute Gasteiger partial charge is 0.337 e. The zero-order valence-electron chi connectivity index (χ0n) is 16.3. The second kappa shape index (κ2) is 7.95. The minimum Gasteiger partial charge on any atom is -0.478 e. The fourth-order valence-corrected chi connectivity index (χ4v) is 4.14. The molecule has 0 aromatic heterocycles. The Morgan fingerprint density at radius 3 is 2.55 bits per heavy atom. The van der Waals surface area contributed by atoms with E-state index in [-0.39, 0.29) is 34.4 Å². The number of carbonyl (C=O) groups is 4. The number of hydrogen-bond acceptors (Lipinski definition) is 7. The summed E-state index contributed by atoms with van der Waals surface area (Å²) < 4.78 is 11.9. The van der Waals surface area contributed by atoms with Crippen molar-refractivity contribution in [1.82, 2.24) is 10.6 Å². The molecule has 160 valence electrons. The molecule has 2 aliphatic heterocycles. The van der Waals surface area contributed by atoms with Crippen LogP contribution in [0.4, 0.5) is 4.79 Å². The zero-order chi connectivity index (χ0) is 22.2. The Bertz CT molecular complexity index is 1090. The van der Waals surface area contributed by atoms with Crippen molar-refractivity contribution in [3.8, 4) is 11.5 Å². The molecule has 2 heterocycles. The number of aromatic carboxylic acids is 1. The van der Waals surface area contributed by atoms with Gasteiger partial charge in [-0.1, -0.05) is 30.8 Å². The quantitative estimate of drug-likeness (QED) is 0.622. The maximum Gasteiger partial charge on any atom is 0.337 e. The fraction of sp³-hybridized carbons (Fsp3) is 0.238. The van der Waals surface area contributed by atoms with Crippen LogP contribution in [0.1, 0.15) is 39.6 Å². The third-order valence-electron chi connectivity index (χ3n) is 4.91. The van der Waals surface area contributed by atoms with Crippen LogP contribution < -0.4 is 20.1 Å². The number of ether oxygens (including phenoxy) is 2. The van der Waals surface area contributed by atoms with Crippen molar-refractivity contribution >= 4 is 34.8 Å². The summed E-state index contributed by atoms with van der Waals surface area (Å²) >= 11 is 0.966. The van der Waals surface area contributed by atoms with Gasteiger partial charge in [-0.15, -0.1) is 0 Å². The van der Waals surface area contributed by atoms with Gasteiger partial charge < -0.3 is 14.6 Å². The first-order chi connectivity index (χ1) is 14.8. The Morgan fingerprint density at radius 2 is 1.94 bits per heavy atom. The number of amides is 3. The molecule has 0 aliphatic carbocycles. The van der Waals surface area contributed by atoms with Crippen LogP contribution in [0.3, 0.4) is 0 Å². The van der Waals surface area contributed by atoms with Crippen LogP contribution in [0.15, 0.2) is 42.5 Å². The number of carboxylic acid groups (broad SMARTS) is 1. The molecule has 2 aliphatic rings. The lowest BCUT2D eigenvalue weighted by Gasteiger charge is -2.37. The first-order valence-corrected chi connectivity index (χ1v) is 10.3. The Kier molecular flexibility index (Phi) is 5.32. The molecule has 2 unspecified atom stereocenters. The third-order valence-corrected chi connectivity index (χ3v) is 5.89. The van der Waals surface area contributed by atoms with Gasteiger partial charge in [0.25, 0.3) is 11.1 Å². The first kappa shape index (κ1) is 20.7. The highest BCUT2D eigenvalue weighted by Crippen LogP contribution is 2.32. The Balaban J connectivity index is 1.50. The summed E-state index contributed by atoms with van der Waals surface area (Å²) in [7, 11) is 0. The molecular weight excluding hydrogens is 424 g/mol. The van der Waals surface area contributed by atoms with Crippen molar-refractivity contribution in [1.29, 1.82) is 0 Å². The van der Waals surface area contributed by atoms with Crippen LogP contribution in [0.2, 0.25) is 0 Å². The summed E-state index contributed by atoms with van der Waals surface area (Å²) in [4.78, 5) is 46.8. The highest BCUT2D eigenvalue weighted by molar-refractivity contribution is 8.15. The Morgan fingerprint density at radius 1 is 1.19 bits per heavy atom. The molecule has 2 atom stereocenters. The van der Waals surface area contributed by atoms with E-state index in [1.807, 2.05) is 0 Å². The lowest BCUT2D eigenvalue weighted by Crippen LogP contribution is -2.59. The molecule has 31 heavy (non-hydrogen) atoms. The first-order valence-electron chi connectivity index (χ1n) is 9.47. The largest absolute Gasteiger partial charge is 0.478 e. The van der Waals surface area contributed by atoms with E-state index in [9.17, 15) is 19.2 Å². The highest BCUT2D eigenvalue weighted by Gasteiger charge is 2.41. The highest BCUT2D eigenvalue weighted by atomic mass is 32.2. The van der Waals surface area contributed by atoms with E-state index >= 15 is 0 Å². The second-order valence-corrected chi connectivity index (χ2v) is 8.19. The molecule has 1 fully saturated rings. The molecule has 3 N–H and O–H groups in total. The molecule has 0 radical (unpaired) electrons. The molecule has 3 amide bonds. The predicted octanol–water partition coefficient (Wildman–Crippen LogP) is 2.54. The maximum absolute atomic E-state index is 12.6. The van der Waals surface area contributed by atoms with Gasteiger partial charge in [-0.05, 0) is 42.3 Å². The molecule has 0 spiro atoms. The van der Waals surface area contributed by atoms with Gasteiger partial charge in [-0.25, -0.2) is 4.79 Å². The second-order valence-electron chi connectivity index (χ2n) is 7.01. The lowest BCUT2D eigenvalue weighted by atomic mass is 10.1. The summed E-state index contributed by atoms with van der Waals surface area (Å²) in [5.74, 6) is -2.75. The number of thioether (sulfide) groups is 1. The topological polar surface area (TPSA) is 131 Å². The molecule has 9 nitrogen and oxygen atoms in total. The molecule has 2 aromatic rings. The monoisotopic (exact) mass is 442 g/mol. The number of fused-ring (bicyclic) bond motifs is 1. The van der Waals surface area contributed by atoms with Gasteiger partial charge in [0.2, 0.25) is 5.91 Å². The molecule has 0 saturated carbocycles. The average molecular weight is 442 g/mol. The van der Waals surface area contributed by atoms with E-state index in [1.54, 1.807) is 31.2 Å². The number of carboxylic acids is 1. The maximum atomic E-state index is 12.6. The Hall–Kier alpha value is -3.53. The normalized spacial score (nSPS) is 22.2.